The number of carbonyl (C=O) groups excluding carboxylic acids is 5. The molecule has 41 heavy (non-hydrogen) atoms. The van der Waals surface area contributed by atoms with E-state index in [1.54, 1.807) is 0 Å². The molecule has 0 aromatic rings. The molecule has 0 bridgehead atoms. The summed E-state index contributed by atoms with van der Waals surface area (Å²) in [6.45, 7) is 2.66. The van der Waals surface area contributed by atoms with E-state index in [4.69, 9.17) is 63.2 Å². The van der Waals surface area contributed by atoms with Crippen LogP contribution in [0.25, 0.3) is 0 Å². The summed E-state index contributed by atoms with van der Waals surface area (Å²) in [6.07, 6.45) is -0.809. The Morgan fingerprint density at radius 3 is 1.95 bits per heavy atom. The van der Waals surface area contributed by atoms with Crippen molar-refractivity contribution in [2.45, 2.75) is 100 Å². The average molecular weight is 651 g/mol. The van der Waals surface area contributed by atoms with E-state index in [9.17, 15) is 24.0 Å². The van der Waals surface area contributed by atoms with Gasteiger partial charge in [0.1, 0.15) is 25.4 Å². The zero-order valence-corrected chi connectivity index (χ0v) is 25.8. The number of methoxy groups -OCH3 is 1. The first-order valence-electron chi connectivity index (χ1n) is 13.0. The number of hydrogen-bond donors (Lipinski definition) is 1. The lowest BCUT2D eigenvalue weighted by molar-refractivity contribution is -0.277. The minimum Gasteiger partial charge on any atom is -0.469 e. The molecular weight excluding hydrogens is 613 g/mol. The average Bonchev–Trinajstić information content (AvgIpc) is 2.87. The topological polar surface area (TPSA) is 162 Å². The van der Waals surface area contributed by atoms with Crippen LogP contribution in [-0.2, 0) is 52.3 Å². The maximum absolute atomic E-state index is 12.6. The third-order valence-electron chi connectivity index (χ3n) is 5.64. The first kappa shape index (κ1) is 37.0. The van der Waals surface area contributed by atoms with E-state index in [0.29, 0.717) is 12.8 Å². The van der Waals surface area contributed by atoms with Crippen LogP contribution in [0.2, 0.25) is 0 Å². The second-order valence-electron chi connectivity index (χ2n) is 9.17. The largest absolute Gasteiger partial charge is 0.469 e. The van der Waals surface area contributed by atoms with Crippen molar-refractivity contribution in [3.8, 4) is 0 Å². The molecule has 0 unspecified atom stereocenters. The van der Waals surface area contributed by atoms with Crippen LogP contribution < -0.4 is 5.32 Å². The van der Waals surface area contributed by atoms with Gasteiger partial charge in [-0.1, -0.05) is 60.5 Å². The zero-order valence-electron chi connectivity index (χ0n) is 23.5. The number of rotatable bonds is 16. The van der Waals surface area contributed by atoms with E-state index in [2.05, 4.69) is 10.1 Å². The number of unbranched alkanes of at least 4 members (excludes halogenated alkanes) is 5. The van der Waals surface area contributed by atoms with Gasteiger partial charge in [-0.3, -0.25) is 19.2 Å². The van der Waals surface area contributed by atoms with Gasteiger partial charge in [-0.15, -0.1) is 0 Å². The Hall–Kier alpha value is -2.06. The molecule has 0 spiro atoms. The van der Waals surface area contributed by atoms with Gasteiger partial charge in [0.05, 0.1) is 7.11 Å². The Balaban J connectivity index is 2.99. The van der Waals surface area contributed by atoms with Gasteiger partial charge >= 0.3 is 30.0 Å². The van der Waals surface area contributed by atoms with Crippen LogP contribution in [0, 0.1) is 0 Å². The SMILES string of the molecule is COC(=O)CCCCCCCCO[C@H]1O[C@H](COC(C)=O)[C@@H](OC(C)=O)[C@H](OC(C)=O)[C@H]1NC(=O)OCC(Cl)(Cl)Cl. The number of esters is 4. The molecule has 1 aliphatic heterocycles. The lowest BCUT2D eigenvalue weighted by Gasteiger charge is -2.44. The van der Waals surface area contributed by atoms with Gasteiger partial charge in [0.15, 0.2) is 18.5 Å². The number of amides is 1. The summed E-state index contributed by atoms with van der Waals surface area (Å²) in [7, 11) is 1.36. The summed E-state index contributed by atoms with van der Waals surface area (Å²) in [6, 6.07) is -1.24. The highest BCUT2D eigenvalue weighted by atomic mass is 35.6. The molecule has 1 rings (SSSR count). The quantitative estimate of drug-likeness (QED) is 0.112. The van der Waals surface area contributed by atoms with Gasteiger partial charge in [0.2, 0.25) is 3.79 Å². The van der Waals surface area contributed by atoms with Crippen LogP contribution in [0.5, 0.6) is 0 Å². The van der Waals surface area contributed by atoms with Gasteiger partial charge < -0.3 is 38.5 Å². The van der Waals surface area contributed by atoms with Crippen molar-refractivity contribution < 1.29 is 57.1 Å². The van der Waals surface area contributed by atoms with Crippen LogP contribution in [-0.4, -0.2) is 91.3 Å². The first-order valence-corrected chi connectivity index (χ1v) is 14.2. The molecule has 13 nitrogen and oxygen atoms in total. The van der Waals surface area contributed by atoms with E-state index < -0.39 is 65.0 Å². The number of alkyl carbamates (subject to hydrolysis) is 1. The number of ether oxygens (including phenoxy) is 7. The summed E-state index contributed by atoms with van der Waals surface area (Å²) < 4.78 is 35.4. The van der Waals surface area contributed by atoms with Crippen LogP contribution in [0.1, 0.15) is 65.7 Å². The van der Waals surface area contributed by atoms with Crippen molar-refractivity contribution in [2.24, 2.45) is 0 Å². The van der Waals surface area contributed by atoms with E-state index in [1.165, 1.54) is 14.0 Å². The molecule has 1 N–H and O–H groups in total. The lowest BCUT2D eigenvalue weighted by Crippen LogP contribution is -2.66. The Kier molecular flexibility index (Phi) is 17.3. The minimum absolute atomic E-state index is 0.180. The van der Waals surface area contributed by atoms with Crippen molar-refractivity contribution in [3.63, 3.8) is 0 Å². The van der Waals surface area contributed by atoms with E-state index in [0.717, 1.165) is 46.0 Å². The highest BCUT2D eigenvalue weighted by molar-refractivity contribution is 6.67. The lowest BCUT2D eigenvalue weighted by atomic mass is 9.96. The predicted molar refractivity (Wildman–Crippen MR) is 145 cm³/mol. The van der Waals surface area contributed by atoms with Crippen molar-refractivity contribution in [1.82, 2.24) is 5.32 Å². The first-order chi connectivity index (χ1) is 19.2. The highest BCUT2D eigenvalue weighted by Gasteiger charge is 2.51. The van der Waals surface area contributed by atoms with Gasteiger partial charge in [0, 0.05) is 33.8 Å². The molecular formula is C25H38Cl3NO12. The fourth-order valence-corrected chi connectivity index (χ4v) is 4.07. The predicted octanol–water partition coefficient (Wildman–Crippen LogP) is 3.52. The third kappa shape index (κ3) is 16.2. The van der Waals surface area contributed by atoms with Gasteiger partial charge in [-0.2, -0.15) is 0 Å². The van der Waals surface area contributed by atoms with Gasteiger partial charge in [-0.25, -0.2) is 4.79 Å². The van der Waals surface area contributed by atoms with Crippen molar-refractivity contribution in [2.75, 3.05) is 26.9 Å². The molecule has 236 valence electrons. The molecule has 1 fully saturated rings. The fraction of sp³-hybridized carbons (Fsp3) is 0.800. The monoisotopic (exact) mass is 649 g/mol. The molecule has 0 radical (unpaired) electrons. The molecule has 0 aromatic heterocycles. The van der Waals surface area contributed by atoms with Crippen molar-refractivity contribution in [1.29, 1.82) is 0 Å². The van der Waals surface area contributed by atoms with Crippen molar-refractivity contribution in [3.05, 3.63) is 0 Å². The van der Waals surface area contributed by atoms with Gasteiger partial charge in [-0.05, 0) is 12.8 Å². The molecule has 1 saturated heterocycles. The summed E-state index contributed by atoms with van der Waals surface area (Å²) >= 11 is 17.0. The van der Waals surface area contributed by atoms with Crippen LogP contribution >= 0.6 is 34.8 Å². The zero-order chi connectivity index (χ0) is 31.0. The van der Waals surface area contributed by atoms with E-state index in [-0.39, 0.29) is 19.2 Å². The minimum atomic E-state index is -1.89. The van der Waals surface area contributed by atoms with Crippen LogP contribution in [0.15, 0.2) is 0 Å². The number of alkyl halides is 3. The highest BCUT2D eigenvalue weighted by Crippen LogP contribution is 2.29. The molecule has 1 amide bonds. The smallest absolute Gasteiger partial charge is 0.407 e. The van der Waals surface area contributed by atoms with E-state index in [1.807, 2.05) is 0 Å². The third-order valence-corrected chi connectivity index (χ3v) is 5.97. The molecule has 0 saturated carbocycles. The van der Waals surface area contributed by atoms with Gasteiger partial charge in [0.25, 0.3) is 0 Å². The normalized spacial score (nSPS) is 22.3. The number of halogens is 3. The Labute approximate surface area is 254 Å². The Bertz CT molecular complexity index is 869. The summed E-state index contributed by atoms with van der Waals surface area (Å²) in [5, 5.41) is 2.47. The number of carbonyl (C=O) groups is 5. The fourth-order valence-electron chi connectivity index (χ4n) is 3.90. The molecule has 1 heterocycles. The molecule has 1 aliphatic rings. The molecule has 0 aromatic carbocycles. The second kappa shape index (κ2) is 19.2. The summed E-state index contributed by atoms with van der Waals surface area (Å²) in [5.74, 6) is -2.36. The maximum Gasteiger partial charge on any atom is 0.407 e. The summed E-state index contributed by atoms with van der Waals surface area (Å²) in [5.41, 5.74) is 0. The second-order valence-corrected chi connectivity index (χ2v) is 11.7. The van der Waals surface area contributed by atoms with E-state index >= 15 is 0 Å². The standard InChI is InChI=1S/C25H38Cl3NO12/c1-15(30)37-13-18-21(39-16(2)31)22(40-17(3)32)20(29-24(34)38-14-25(26,27)28)23(41-18)36-12-10-8-6-5-7-9-11-19(33)35-4/h18,20-23H,5-14H2,1-4H3,(H,29,34)/t18-,20-,21-,22-,23+/m1/s1. The molecule has 0 aliphatic carbocycles. The maximum atomic E-state index is 12.6. The Morgan fingerprint density at radius 2 is 1.39 bits per heavy atom. The number of nitrogens with one attached hydrogen (secondary N) is 1. The van der Waals surface area contributed by atoms with Crippen molar-refractivity contribution >= 4 is 64.8 Å². The van der Waals surface area contributed by atoms with Crippen LogP contribution in [0.4, 0.5) is 4.79 Å². The summed E-state index contributed by atoms with van der Waals surface area (Å²) in [4.78, 5) is 59.1. The molecule has 16 heteroatoms. The Morgan fingerprint density at radius 1 is 0.805 bits per heavy atom. The van der Waals surface area contributed by atoms with Crippen LogP contribution in [0.3, 0.4) is 0 Å². The number of hydrogen-bond acceptors (Lipinski definition) is 12. The molecule has 5 atom stereocenters.